The maximum atomic E-state index is 4.98. The van der Waals surface area contributed by atoms with Gasteiger partial charge in [0.1, 0.15) is 0 Å². The first-order valence-electron chi connectivity index (χ1n) is 2.98. The van der Waals surface area contributed by atoms with Gasteiger partial charge in [-0.05, 0) is 25.3 Å². The molecule has 0 spiro atoms. The molecule has 0 amide bonds. The second-order valence-electron chi connectivity index (χ2n) is 2.00. The molecule has 0 aliphatic carbocycles. The van der Waals surface area contributed by atoms with Crippen LogP contribution in [0.3, 0.4) is 0 Å². The van der Waals surface area contributed by atoms with Crippen molar-refractivity contribution in [2.75, 3.05) is 6.26 Å². The highest BCUT2D eigenvalue weighted by Crippen LogP contribution is 2.13. The molecule has 0 atom stereocenters. The second-order valence-corrected chi connectivity index (χ2v) is 3.46. The van der Waals surface area contributed by atoms with Crippen LogP contribution in [0.25, 0.3) is 0 Å². The number of aromatic nitrogens is 1. The SMILES string of the molecule is CSc1ccc(C(C)=S)[nH]1. The Morgan fingerprint density at radius 3 is 2.60 bits per heavy atom. The molecule has 1 heterocycles. The quantitative estimate of drug-likeness (QED) is 0.418. The zero-order chi connectivity index (χ0) is 7.56. The Kier molecular flexibility index (Phi) is 2.51. The van der Waals surface area contributed by atoms with Crippen LogP contribution in [0.1, 0.15) is 12.6 Å². The highest BCUT2D eigenvalue weighted by atomic mass is 32.2. The number of thiocarbonyl (C=S) groups is 1. The van der Waals surface area contributed by atoms with Gasteiger partial charge in [0.25, 0.3) is 0 Å². The molecule has 0 fully saturated rings. The molecular weight excluding hydrogens is 162 g/mol. The summed E-state index contributed by atoms with van der Waals surface area (Å²) in [5.74, 6) is 0. The molecule has 1 nitrogen and oxygen atoms in total. The van der Waals surface area contributed by atoms with Gasteiger partial charge in [-0.15, -0.1) is 11.8 Å². The molecular formula is C7H9NS2. The molecule has 10 heavy (non-hydrogen) atoms. The van der Waals surface area contributed by atoms with Gasteiger partial charge in [0.15, 0.2) is 0 Å². The second kappa shape index (κ2) is 3.21. The minimum absolute atomic E-state index is 0.917. The van der Waals surface area contributed by atoms with E-state index in [1.165, 1.54) is 5.03 Å². The van der Waals surface area contributed by atoms with Gasteiger partial charge in [-0.3, -0.25) is 0 Å². The lowest BCUT2D eigenvalue weighted by Crippen LogP contribution is -1.88. The maximum absolute atomic E-state index is 4.98. The number of hydrogen-bond acceptors (Lipinski definition) is 2. The summed E-state index contributed by atoms with van der Waals surface area (Å²) in [5, 5.41) is 1.17. The van der Waals surface area contributed by atoms with E-state index in [-0.39, 0.29) is 0 Å². The summed E-state index contributed by atoms with van der Waals surface area (Å²) < 4.78 is 0. The van der Waals surface area contributed by atoms with Gasteiger partial charge in [0, 0.05) is 4.86 Å². The van der Waals surface area contributed by atoms with Crippen LogP contribution in [0.5, 0.6) is 0 Å². The van der Waals surface area contributed by atoms with Gasteiger partial charge >= 0.3 is 0 Å². The number of rotatable bonds is 2. The molecule has 0 bridgehead atoms. The number of H-pyrrole nitrogens is 1. The number of aromatic amines is 1. The molecule has 0 aliphatic rings. The third kappa shape index (κ3) is 1.61. The van der Waals surface area contributed by atoms with Crippen molar-refractivity contribution in [1.29, 1.82) is 0 Å². The van der Waals surface area contributed by atoms with E-state index in [1.807, 2.05) is 25.3 Å². The van der Waals surface area contributed by atoms with E-state index < -0.39 is 0 Å². The Hall–Kier alpha value is -0.280. The van der Waals surface area contributed by atoms with E-state index in [2.05, 4.69) is 4.98 Å². The molecule has 0 radical (unpaired) electrons. The van der Waals surface area contributed by atoms with E-state index in [1.54, 1.807) is 11.8 Å². The summed E-state index contributed by atoms with van der Waals surface area (Å²) in [7, 11) is 0. The van der Waals surface area contributed by atoms with Crippen molar-refractivity contribution in [3.8, 4) is 0 Å². The van der Waals surface area contributed by atoms with E-state index in [4.69, 9.17) is 12.2 Å². The first-order chi connectivity index (χ1) is 4.74. The maximum Gasteiger partial charge on any atom is 0.0723 e. The summed E-state index contributed by atoms with van der Waals surface area (Å²) in [4.78, 5) is 4.10. The highest BCUT2D eigenvalue weighted by molar-refractivity contribution is 7.98. The minimum atomic E-state index is 0.917. The van der Waals surface area contributed by atoms with Crippen LogP contribution in [-0.4, -0.2) is 16.1 Å². The molecule has 0 saturated heterocycles. The van der Waals surface area contributed by atoms with Gasteiger partial charge in [-0.25, -0.2) is 0 Å². The van der Waals surface area contributed by atoms with E-state index in [9.17, 15) is 0 Å². The van der Waals surface area contributed by atoms with Crippen molar-refractivity contribution in [2.24, 2.45) is 0 Å². The lowest BCUT2D eigenvalue weighted by Gasteiger charge is -1.90. The highest BCUT2D eigenvalue weighted by Gasteiger charge is 1.97. The van der Waals surface area contributed by atoms with E-state index in [0.29, 0.717) is 0 Å². The number of thioether (sulfide) groups is 1. The molecule has 0 aromatic carbocycles. The average Bonchev–Trinajstić information content (AvgIpc) is 2.34. The predicted molar refractivity (Wildman–Crippen MR) is 49.9 cm³/mol. The van der Waals surface area contributed by atoms with Crippen LogP contribution < -0.4 is 0 Å². The van der Waals surface area contributed by atoms with Crippen molar-refractivity contribution in [3.05, 3.63) is 17.8 Å². The standard InChI is InChI=1S/C7H9NS2/c1-5(9)6-3-4-7(8-6)10-2/h3-4,8H,1-2H3. The fourth-order valence-corrected chi connectivity index (χ4v) is 1.23. The smallest absolute Gasteiger partial charge is 0.0723 e. The molecule has 1 aromatic rings. The molecule has 0 unspecified atom stereocenters. The Balaban J connectivity index is 2.88. The van der Waals surface area contributed by atoms with Gasteiger partial charge in [0.05, 0.1) is 10.7 Å². The molecule has 1 N–H and O–H groups in total. The summed E-state index contributed by atoms with van der Waals surface area (Å²) in [5.41, 5.74) is 1.05. The van der Waals surface area contributed by atoms with Crippen molar-refractivity contribution in [2.45, 2.75) is 11.9 Å². The Labute approximate surface area is 70.2 Å². The predicted octanol–water partition coefficient (Wildman–Crippen LogP) is 2.47. The first kappa shape index (κ1) is 7.82. The summed E-state index contributed by atoms with van der Waals surface area (Å²) in [6, 6.07) is 4.05. The number of nitrogens with one attached hydrogen (secondary N) is 1. The normalized spacial score (nSPS) is 9.80. The Bertz CT molecular complexity index is 240. The molecule has 3 heteroatoms. The minimum Gasteiger partial charge on any atom is -0.349 e. The summed E-state index contributed by atoms with van der Waals surface area (Å²) >= 11 is 6.67. The van der Waals surface area contributed by atoms with Crippen LogP contribution in [0.2, 0.25) is 0 Å². The zero-order valence-corrected chi connectivity index (χ0v) is 7.60. The third-order valence-electron chi connectivity index (χ3n) is 1.26. The zero-order valence-electron chi connectivity index (χ0n) is 5.97. The molecule has 0 saturated carbocycles. The van der Waals surface area contributed by atoms with Gasteiger partial charge < -0.3 is 4.98 Å². The van der Waals surface area contributed by atoms with Gasteiger partial charge in [-0.2, -0.15) is 0 Å². The molecule has 1 aromatic heterocycles. The van der Waals surface area contributed by atoms with Crippen LogP contribution in [0.15, 0.2) is 17.2 Å². The fraction of sp³-hybridized carbons (Fsp3) is 0.286. The lowest BCUT2D eigenvalue weighted by molar-refractivity contribution is 1.19. The van der Waals surface area contributed by atoms with Crippen molar-refractivity contribution in [1.82, 2.24) is 4.98 Å². The molecule has 54 valence electrons. The van der Waals surface area contributed by atoms with E-state index in [0.717, 1.165) is 10.6 Å². The fourth-order valence-electron chi connectivity index (χ4n) is 0.700. The Morgan fingerprint density at radius 1 is 1.60 bits per heavy atom. The van der Waals surface area contributed by atoms with Crippen molar-refractivity contribution < 1.29 is 0 Å². The molecule has 0 aliphatic heterocycles. The summed E-state index contributed by atoms with van der Waals surface area (Å²) in [6.45, 7) is 1.92. The first-order valence-corrected chi connectivity index (χ1v) is 4.61. The Morgan fingerprint density at radius 2 is 2.30 bits per heavy atom. The third-order valence-corrected chi connectivity index (χ3v) is 2.16. The van der Waals surface area contributed by atoms with Crippen LogP contribution >= 0.6 is 24.0 Å². The average molecular weight is 171 g/mol. The van der Waals surface area contributed by atoms with Crippen LogP contribution in [0.4, 0.5) is 0 Å². The van der Waals surface area contributed by atoms with Gasteiger partial charge in [0.2, 0.25) is 0 Å². The lowest BCUT2D eigenvalue weighted by atomic mass is 10.3. The van der Waals surface area contributed by atoms with Crippen LogP contribution in [-0.2, 0) is 0 Å². The number of hydrogen-bond donors (Lipinski definition) is 1. The summed E-state index contributed by atoms with van der Waals surface area (Å²) in [6.07, 6.45) is 2.04. The van der Waals surface area contributed by atoms with E-state index >= 15 is 0 Å². The largest absolute Gasteiger partial charge is 0.349 e. The monoisotopic (exact) mass is 171 g/mol. The van der Waals surface area contributed by atoms with Crippen LogP contribution in [0, 0.1) is 0 Å². The topological polar surface area (TPSA) is 15.8 Å². The van der Waals surface area contributed by atoms with Crippen molar-refractivity contribution in [3.63, 3.8) is 0 Å². The van der Waals surface area contributed by atoms with Gasteiger partial charge in [-0.1, -0.05) is 12.2 Å². The molecule has 1 rings (SSSR count). The van der Waals surface area contributed by atoms with Crippen molar-refractivity contribution >= 4 is 28.8 Å².